The van der Waals surface area contributed by atoms with Crippen molar-refractivity contribution in [1.82, 2.24) is 9.29 Å². The first-order chi connectivity index (χ1) is 14.4. The van der Waals surface area contributed by atoms with Gasteiger partial charge in [-0.15, -0.1) is 11.3 Å². The molecule has 0 bridgehead atoms. The van der Waals surface area contributed by atoms with E-state index in [0.29, 0.717) is 24.7 Å². The van der Waals surface area contributed by atoms with Crippen LogP contribution in [-0.4, -0.2) is 34.1 Å². The number of carbonyl (C=O) groups excluding carboxylic acids is 1. The maximum absolute atomic E-state index is 12.5. The van der Waals surface area contributed by atoms with E-state index in [2.05, 4.69) is 4.98 Å². The molecule has 3 aromatic rings. The lowest BCUT2D eigenvalue weighted by Gasteiger charge is -2.25. The van der Waals surface area contributed by atoms with Crippen LogP contribution in [0.3, 0.4) is 0 Å². The predicted octanol–water partition coefficient (Wildman–Crippen LogP) is 6.24. The van der Waals surface area contributed by atoms with E-state index in [0.717, 1.165) is 21.2 Å². The highest BCUT2D eigenvalue weighted by Crippen LogP contribution is 2.39. The summed E-state index contributed by atoms with van der Waals surface area (Å²) in [5.41, 5.74) is 0.451. The number of carbonyl (C=O) groups is 1. The lowest BCUT2D eigenvalue weighted by molar-refractivity contribution is 0.0394. The number of ether oxygens (including phenoxy) is 3. The first-order valence-electron chi connectivity index (χ1n) is 9.50. The number of amides is 1. The normalized spacial score (nSPS) is 13.8. The molecule has 4 rings (SSSR count). The van der Waals surface area contributed by atoms with Gasteiger partial charge in [0.1, 0.15) is 34.5 Å². The Balaban J connectivity index is 1.52. The average Bonchev–Trinajstić information content (AvgIpc) is 3.14. The van der Waals surface area contributed by atoms with Gasteiger partial charge in [-0.05, 0) is 63.1 Å². The predicted molar refractivity (Wildman–Crippen MR) is 118 cm³/mol. The number of hydrogen-bond acceptors (Lipinski definition) is 7. The Bertz CT molecular complexity index is 1030. The van der Waals surface area contributed by atoms with Crippen molar-refractivity contribution in [1.29, 1.82) is 0 Å². The van der Waals surface area contributed by atoms with E-state index in [1.807, 2.05) is 68.6 Å². The van der Waals surface area contributed by atoms with E-state index in [1.54, 1.807) is 21.8 Å². The lowest BCUT2D eigenvalue weighted by Crippen LogP contribution is -2.34. The van der Waals surface area contributed by atoms with Crippen molar-refractivity contribution in [2.24, 2.45) is 0 Å². The molecule has 8 heteroatoms. The second kappa shape index (κ2) is 8.57. The van der Waals surface area contributed by atoms with Crippen molar-refractivity contribution >= 4 is 29.4 Å². The van der Waals surface area contributed by atoms with Crippen molar-refractivity contribution in [2.75, 3.05) is 13.2 Å². The molecule has 6 nitrogen and oxygen atoms in total. The van der Waals surface area contributed by atoms with Crippen LogP contribution in [0.15, 0.2) is 58.9 Å². The summed E-state index contributed by atoms with van der Waals surface area (Å²) in [4.78, 5) is 17.6. The molecule has 1 aliphatic heterocycles. The number of hydrogen-bond donors (Lipinski definition) is 0. The lowest BCUT2D eigenvalue weighted by atomic mass is 10.2. The highest BCUT2D eigenvalue weighted by Gasteiger charge is 2.26. The van der Waals surface area contributed by atoms with Crippen LogP contribution in [0.4, 0.5) is 4.79 Å². The fraction of sp³-hybridized carbons (Fsp3) is 0.273. The van der Waals surface area contributed by atoms with Crippen LogP contribution in [0, 0.1) is 0 Å². The van der Waals surface area contributed by atoms with Gasteiger partial charge in [0, 0.05) is 17.1 Å². The summed E-state index contributed by atoms with van der Waals surface area (Å²) in [7, 11) is 0. The summed E-state index contributed by atoms with van der Waals surface area (Å²) < 4.78 is 18.9. The molecular weight excluding hydrogens is 420 g/mol. The number of nitrogens with zero attached hydrogens (tertiary/aromatic N) is 2. The zero-order valence-corrected chi connectivity index (χ0v) is 18.6. The van der Waals surface area contributed by atoms with E-state index in [-0.39, 0.29) is 6.09 Å². The van der Waals surface area contributed by atoms with E-state index in [1.165, 1.54) is 11.9 Å². The Kier molecular flexibility index (Phi) is 5.87. The number of aromatic nitrogens is 1. The Labute approximate surface area is 183 Å². The first kappa shape index (κ1) is 20.6. The second-order valence-corrected chi connectivity index (χ2v) is 9.56. The average molecular weight is 443 g/mol. The molecule has 0 saturated heterocycles. The van der Waals surface area contributed by atoms with Crippen LogP contribution in [0.25, 0.3) is 10.6 Å². The minimum absolute atomic E-state index is 0.383. The maximum atomic E-state index is 12.5. The van der Waals surface area contributed by atoms with Crippen LogP contribution in [0.1, 0.15) is 20.8 Å². The van der Waals surface area contributed by atoms with Crippen molar-refractivity contribution in [3.63, 3.8) is 0 Å². The third kappa shape index (κ3) is 5.06. The molecule has 156 valence electrons. The van der Waals surface area contributed by atoms with Gasteiger partial charge in [0.25, 0.3) is 0 Å². The zero-order chi connectivity index (χ0) is 21.1. The standard InChI is InChI=1S/C22H22N2O4S2/c1-22(2,3)28-21(25)24-10-11-26-18-8-7-17(14-19(18)30-24)27-16-6-4-5-15(13-16)20-23-9-12-29-20/h4-9,12-14H,10-11H2,1-3H3. The Morgan fingerprint density at radius 1 is 1.17 bits per heavy atom. The Morgan fingerprint density at radius 2 is 2.00 bits per heavy atom. The first-order valence-corrected chi connectivity index (χ1v) is 11.2. The van der Waals surface area contributed by atoms with Gasteiger partial charge in [0.15, 0.2) is 0 Å². The molecule has 2 heterocycles. The topological polar surface area (TPSA) is 60.9 Å². The summed E-state index contributed by atoms with van der Waals surface area (Å²) in [6, 6.07) is 13.4. The molecule has 1 aromatic heterocycles. The smallest absolute Gasteiger partial charge is 0.420 e. The zero-order valence-electron chi connectivity index (χ0n) is 17.0. The molecule has 1 amide bonds. The molecule has 1 aliphatic rings. The van der Waals surface area contributed by atoms with Crippen LogP contribution in [-0.2, 0) is 4.74 Å². The number of fused-ring (bicyclic) bond motifs is 1. The largest absolute Gasteiger partial charge is 0.490 e. The number of benzene rings is 2. The van der Waals surface area contributed by atoms with Crippen LogP contribution >= 0.6 is 23.3 Å². The molecule has 0 aliphatic carbocycles. The van der Waals surface area contributed by atoms with Gasteiger partial charge < -0.3 is 14.2 Å². The third-order valence-electron chi connectivity index (χ3n) is 4.02. The van der Waals surface area contributed by atoms with Crippen molar-refractivity contribution in [3.05, 3.63) is 54.0 Å². The fourth-order valence-corrected chi connectivity index (χ4v) is 4.32. The number of rotatable bonds is 3. The summed E-state index contributed by atoms with van der Waals surface area (Å²) in [6.07, 6.45) is 1.40. The monoisotopic (exact) mass is 442 g/mol. The van der Waals surface area contributed by atoms with E-state index in [4.69, 9.17) is 14.2 Å². The molecular formula is C22H22N2O4S2. The third-order valence-corrected chi connectivity index (χ3v) is 5.91. The van der Waals surface area contributed by atoms with Gasteiger partial charge in [-0.2, -0.15) is 0 Å². The quantitative estimate of drug-likeness (QED) is 0.448. The summed E-state index contributed by atoms with van der Waals surface area (Å²) in [6.45, 7) is 6.38. The van der Waals surface area contributed by atoms with Crippen LogP contribution in [0.5, 0.6) is 17.2 Å². The van der Waals surface area contributed by atoms with Crippen LogP contribution < -0.4 is 9.47 Å². The van der Waals surface area contributed by atoms with Gasteiger partial charge in [-0.1, -0.05) is 12.1 Å². The SMILES string of the molecule is CC(C)(C)OC(=O)N1CCOc2ccc(Oc3cccc(-c4nccs4)c3)cc2S1. The van der Waals surface area contributed by atoms with E-state index < -0.39 is 5.60 Å². The number of thiazole rings is 1. The fourth-order valence-electron chi connectivity index (χ4n) is 2.78. The van der Waals surface area contributed by atoms with Gasteiger partial charge in [0.2, 0.25) is 0 Å². The summed E-state index contributed by atoms with van der Waals surface area (Å²) in [5, 5.41) is 2.89. The van der Waals surface area contributed by atoms with Gasteiger partial charge >= 0.3 is 6.09 Å². The summed E-state index contributed by atoms with van der Waals surface area (Å²) >= 11 is 2.88. The molecule has 30 heavy (non-hydrogen) atoms. The highest BCUT2D eigenvalue weighted by atomic mass is 32.2. The van der Waals surface area contributed by atoms with Crippen molar-refractivity contribution in [3.8, 4) is 27.8 Å². The van der Waals surface area contributed by atoms with E-state index in [9.17, 15) is 4.79 Å². The molecule has 0 atom stereocenters. The molecule has 0 unspecified atom stereocenters. The Hall–Kier alpha value is -2.71. The highest BCUT2D eigenvalue weighted by molar-refractivity contribution is 7.97. The van der Waals surface area contributed by atoms with Gasteiger partial charge in [0.05, 0.1) is 11.4 Å². The summed E-state index contributed by atoms with van der Waals surface area (Å²) in [5.74, 6) is 2.09. The minimum atomic E-state index is -0.555. The van der Waals surface area contributed by atoms with Crippen LogP contribution in [0.2, 0.25) is 0 Å². The van der Waals surface area contributed by atoms with Crippen molar-refractivity contribution in [2.45, 2.75) is 31.3 Å². The minimum Gasteiger partial charge on any atom is -0.490 e. The second-order valence-electron chi connectivity index (χ2n) is 7.60. The van der Waals surface area contributed by atoms with E-state index >= 15 is 0 Å². The molecule has 0 saturated carbocycles. The van der Waals surface area contributed by atoms with Gasteiger partial charge in [-0.3, -0.25) is 0 Å². The van der Waals surface area contributed by atoms with Crippen molar-refractivity contribution < 1.29 is 19.0 Å². The maximum Gasteiger partial charge on any atom is 0.420 e. The molecule has 0 N–H and O–H groups in total. The van der Waals surface area contributed by atoms with Gasteiger partial charge in [-0.25, -0.2) is 14.1 Å². The molecule has 2 aromatic carbocycles. The molecule has 0 spiro atoms. The molecule has 0 radical (unpaired) electrons. The molecule has 0 fully saturated rings. The Morgan fingerprint density at radius 3 is 2.77 bits per heavy atom.